The summed E-state index contributed by atoms with van der Waals surface area (Å²) in [5.41, 5.74) is 8.97. The lowest BCUT2D eigenvalue weighted by molar-refractivity contribution is 0.0995. The van der Waals surface area contributed by atoms with Crippen LogP contribution in [0, 0.1) is 0 Å². The van der Waals surface area contributed by atoms with Crippen molar-refractivity contribution >= 4 is 16.8 Å². The van der Waals surface area contributed by atoms with E-state index in [1.54, 1.807) is 6.20 Å². The first-order chi connectivity index (χ1) is 11.7. The molecule has 1 aromatic carbocycles. The number of carbonyl (C=O) groups is 1. The van der Waals surface area contributed by atoms with Crippen molar-refractivity contribution in [3.05, 3.63) is 48.4 Å². The Morgan fingerprint density at radius 3 is 2.67 bits per heavy atom. The Hall–Kier alpha value is -2.69. The number of hydrogen-bond donors (Lipinski definition) is 1. The molecule has 1 saturated carbocycles. The minimum Gasteiger partial charge on any atom is -0.364 e. The highest BCUT2D eigenvalue weighted by Gasteiger charge is 2.22. The third-order valence-electron chi connectivity index (χ3n) is 4.86. The zero-order valence-electron chi connectivity index (χ0n) is 13.5. The Labute approximate surface area is 140 Å². The molecule has 5 heteroatoms. The molecule has 3 aromatic rings. The van der Waals surface area contributed by atoms with Crippen molar-refractivity contribution < 1.29 is 4.79 Å². The SMILES string of the molecule is NC(=O)c1nn(C2CCCCC2)c2ccc(-c3cccnc3)cc12. The second-order valence-electron chi connectivity index (χ2n) is 6.42. The van der Waals surface area contributed by atoms with Gasteiger partial charge in [-0.1, -0.05) is 31.4 Å². The molecule has 0 spiro atoms. The van der Waals surface area contributed by atoms with Gasteiger partial charge in [-0.15, -0.1) is 0 Å². The van der Waals surface area contributed by atoms with Crippen molar-refractivity contribution in [2.24, 2.45) is 5.73 Å². The van der Waals surface area contributed by atoms with Gasteiger partial charge in [0.15, 0.2) is 5.69 Å². The lowest BCUT2D eigenvalue weighted by Crippen LogP contribution is -2.16. The molecular formula is C19H20N4O. The number of nitrogens with zero attached hydrogens (tertiary/aromatic N) is 3. The molecule has 0 bridgehead atoms. The summed E-state index contributed by atoms with van der Waals surface area (Å²) in [5, 5.41) is 5.40. The van der Waals surface area contributed by atoms with E-state index in [-0.39, 0.29) is 0 Å². The maximum absolute atomic E-state index is 11.9. The minimum atomic E-state index is -0.474. The molecule has 5 nitrogen and oxygen atoms in total. The number of nitrogens with two attached hydrogens (primary N) is 1. The molecule has 1 aliphatic carbocycles. The first kappa shape index (κ1) is 14.9. The second-order valence-corrected chi connectivity index (χ2v) is 6.42. The Bertz CT molecular complexity index is 879. The summed E-state index contributed by atoms with van der Waals surface area (Å²) in [4.78, 5) is 16.1. The van der Waals surface area contributed by atoms with Crippen LogP contribution in [0.15, 0.2) is 42.7 Å². The van der Waals surface area contributed by atoms with E-state index >= 15 is 0 Å². The van der Waals surface area contributed by atoms with Gasteiger partial charge in [0.25, 0.3) is 5.91 Å². The van der Waals surface area contributed by atoms with Gasteiger partial charge in [-0.3, -0.25) is 14.5 Å². The summed E-state index contributed by atoms with van der Waals surface area (Å²) in [6.07, 6.45) is 9.49. The molecular weight excluding hydrogens is 300 g/mol. The van der Waals surface area contributed by atoms with E-state index in [2.05, 4.69) is 16.1 Å². The Kier molecular flexibility index (Phi) is 3.76. The fraction of sp³-hybridized carbons (Fsp3) is 0.316. The van der Waals surface area contributed by atoms with Crippen molar-refractivity contribution in [2.75, 3.05) is 0 Å². The van der Waals surface area contributed by atoms with Crippen LogP contribution in [0.4, 0.5) is 0 Å². The van der Waals surface area contributed by atoms with Gasteiger partial charge in [0, 0.05) is 23.3 Å². The average Bonchev–Trinajstić information content (AvgIpc) is 3.02. The lowest BCUT2D eigenvalue weighted by Gasteiger charge is -2.22. The average molecular weight is 320 g/mol. The summed E-state index contributed by atoms with van der Waals surface area (Å²) in [6, 6.07) is 10.4. The van der Waals surface area contributed by atoms with Crippen LogP contribution in [0.2, 0.25) is 0 Å². The van der Waals surface area contributed by atoms with E-state index in [0.29, 0.717) is 11.7 Å². The standard InChI is InChI=1S/C19H20N4O/c20-19(24)18-16-11-13(14-5-4-10-21-12-14)8-9-17(16)23(22-18)15-6-2-1-3-7-15/h4-5,8-12,15H,1-3,6-7H2,(H2,20,24). The van der Waals surface area contributed by atoms with E-state index in [0.717, 1.165) is 34.9 Å². The Balaban J connectivity index is 1.86. The van der Waals surface area contributed by atoms with Crippen LogP contribution >= 0.6 is 0 Å². The van der Waals surface area contributed by atoms with Gasteiger partial charge in [-0.05, 0) is 36.6 Å². The van der Waals surface area contributed by atoms with Gasteiger partial charge in [0.05, 0.1) is 11.6 Å². The van der Waals surface area contributed by atoms with Crippen molar-refractivity contribution in [2.45, 2.75) is 38.1 Å². The normalized spacial score (nSPS) is 15.7. The van der Waals surface area contributed by atoms with Crippen LogP contribution in [-0.2, 0) is 0 Å². The summed E-state index contributed by atoms with van der Waals surface area (Å²) < 4.78 is 2.02. The van der Waals surface area contributed by atoms with Crippen LogP contribution in [0.3, 0.4) is 0 Å². The maximum Gasteiger partial charge on any atom is 0.269 e. The van der Waals surface area contributed by atoms with Crippen molar-refractivity contribution in [3.63, 3.8) is 0 Å². The van der Waals surface area contributed by atoms with Gasteiger partial charge >= 0.3 is 0 Å². The molecule has 0 aliphatic heterocycles. The third kappa shape index (κ3) is 2.56. The number of carbonyl (C=O) groups excluding carboxylic acids is 1. The summed E-state index contributed by atoms with van der Waals surface area (Å²) in [6.45, 7) is 0. The highest BCUT2D eigenvalue weighted by Crippen LogP contribution is 2.33. The number of rotatable bonds is 3. The monoisotopic (exact) mass is 320 g/mol. The highest BCUT2D eigenvalue weighted by atomic mass is 16.1. The zero-order chi connectivity index (χ0) is 16.5. The largest absolute Gasteiger partial charge is 0.364 e. The van der Waals surface area contributed by atoms with Crippen molar-refractivity contribution in [1.82, 2.24) is 14.8 Å². The molecule has 1 fully saturated rings. The number of benzene rings is 1. The number of amides is 1. The van der Waals surface area contributed by atoms with E-state index in [1.165, 1.54) is 19.3 Å². The predicted octanol–water partition coefficient (Wildman–Crippen LogP) is 3.70. The first-order valence-electron chi connectivity index (χ1n) is 8.46. The minimum absolute atomic E-state index is 0.360. The third-order valence-corrected chi connectivity index (χ3v) is 4.86. The number of primary amides is 1. The molecule has 0 radical (unpaired) electrons. The van der Waals surface area contributed by atoms with E-state index in [1.807, 2.05) is 35.1 Å². The molecule has 122 valence electrons. The predicted molar refractivity (Wildman–Crippen MR) is 93.6 cm³/mol. The van der Waals surface area contributed by atoms with E-state index in [9.17, 15) is 4.79 Å². The first-order valence-corrected chi connectivity index (χ1v) is 8.46. The van der Waals surface area contributed by atoms with E-state index in [4.69, 9.17) is 5.73 Å². The molecule has 1 aliphatic rings. The number of fused-ring (bicyclic) bond motifs is 1. The Morgan fingerprint density at radius 2 is 1.96 bits per heavy atom. The van der Waals surface area contributed by atoms with Gasteiger partial charge in [0.1, 0.15) is 0 Å². The maximum atomic E-state index is 11.9. The highest BCUT2D eigenvalue weighted by molar-refractivity contribution is 6.05. The summed E-state index contributed by atoms with van der Waals surface area (Å²) in [5.74, 6) is -0.474. The Morgan fingerprint density at radius 1 is 1.12 bits per heavy atom. The van der Waals surface area contributed by atoms with Gasteiger partial charge in [-0.2, -0.15) is 5.10 Å². The molecule has 2 N–H and O–H groups in total. The van der Waals surface area contributed by atoms with Crippen LogP contribution in [0.5, 0.6) is 0 Å². The topological polar surface area (TPSA) is 73.8 Å². The van der Waals surface area contributed by atoms with Crippen molar-refractivity contribution in [1.29, 1.82) is 0 Å². The van der Waals surface area contributed by atoms with Crippen LogP contribution < -0.4 is 5.73 Å². The van der Waals surface area contributed by atoms with E-state index < -0.39 is 5.91 Å². The number of hydrogen-bond acceptors (Lipinski definition) is 3. The van der Waals surface area contributed by atoms with Gasteiger partial charge in [0.2, 0.25) is 0 Å². The molecule has 1 amide bonds. The lowest BCUT2D eigenvalue weighted by atomic mass is 9.95. The quantitative estimate of drug-likeness (QED) is 0.799. The molecule has 4 rings (SSSR count). The summed E-state index contributed by atoms with van der Waals surface area (Å²) >= 11 is 0. The molecule has 24 heavy (non-hydrogen) atoms. The van der Waals surface area contributed by atoms with Crippen LogP contribution in [0.1, 0.15) is 48.6 Å². The number of aromatic nitrogens is 3. The fourth-order valence-electron chi connectivity index (χ4n) is 3.64. The molecule has 0 saturated heterocycles. The second kappa shape index (κ2) is 6.07. The molecule has 0 unspecified atom stereocenters. The van der Waals surface area contributed by atoms with Gasteiger partial charge in [-0.25, -0.2) is 0 Å². The summed E-state index contributed by atoms with van der Waals surface area (Å²) in [7, 11) is 0. The molecule has 2 aromatic heterocycles. The smallest absolute Gasteiger partial charge is 0.269 e. The van der Waals surface area contributed by atoms with Gasteiger partial charge < -0.3 is 5.73 Å². The van der Waals surface area contributed by atoms with Crippen molar-refractivity contribution in [3.8, 4) is 11.1 Å². The number of pyridine rings is 1. The van der Waals surface area contributed by atoms with Crippen LogP contribution in [-0.4, -0.2) is 20.7 Å². The molecule has 2 heterocycles. The van der Waals surface area contributed by atoms with Crippen LogP contribution in [0.25, 0.3) is 22.0 Å². The fourth-order valence-corrected chi connectivity index (χ4v) is 3.64. The molecule has 0 atom stereocenters. The zero-order valence-corrected chi connectivity index (χ0v) is 13.5.